The first-order valence-electron chi connectivity index (χ1n) is 10.2. The normalized spacial score (nSPS) is 14.5. The van der Waals surface area contributed by atoms with Crippen LogP contribution in [0.2, 0.25) is 0 Å². The molecule has 148 valence electrons. The van der Waals surface area contributed by atoms with Gasteiger partial charge in [0.15, 0.2) is 0 Å². The van der Waals surface area contributed by atoms with Gasteiger partial charge in [-0.2, -0.15) is 0 Å². The zero-order chi connectivity index (χ0) is 20.1. The van der Waals surface area contributed by atoms with E-state index >= 15 is 0 Å². The molecule has 1 aliphatic heterocycles. The molecule has 0 bridgehead atoms. The first kappa shape index (κ1) is 19.2. The molecule has 1 aliphatic rings. The van der Waals surface area contributed by atoms with Gasteiger partial charge in [-0.05, 0) is 66.9 Å². The summed E-state index contributed by atoms with van der Waals surface area (Å²) in [6.45, 7) is 2.91. The zero-order valence-electron chi connectivity index (χ0n) is 16.5. The van der Waals surface area contributed by atoms with E-state index in [9.17, 15) is 9.90 Å². The number of amides is 1. The average Bonchev–Trinajstić information content (AvgIpc) is 2.75. The summed E-state index contributed by atoms with van der Waals surface area (Å²) < 4.78 is 0. The van der Waals surface area contributed by atoms with Gasteiger partial charge in [0.25, 0.3) is 5.91 Å². The minimum atomic E-state index is -0.151. The Kier molecular flexibility index (Phi) is 5.92. The molecule has 4 heteroatoms. The van der Waals surface area contributed by atoms with E-state index in [4.69, 9.17) is 0 Å². The van der Waals surface area contributed by atoms with Crippen molar-refractivity contribution in [1.82, 2.24) is 4.90 Å². The molecule has 1 saturated heterocycles. The van der Waals surface area contributed by atoms with E-state index in [0.29, 0.717) is 11.3 Å². The number of benzene rings is 3. The van der Waals surface area contributed by atoms with Gasteiger partial charge in [0.05, 0.1) is 0 Å². The minimum absolute atomic E-state index is 0.135. The Labute approximate surface area is 171 Å². The number of likely N-dealkylation sites (tertiary alicyclic amines) is 1. The number of anilines is 1. The van der Waals surface area contributed by atoms with Crippen LogP contribution in [-0.4, -0.2) is 29.0 Å². The Morgan fingerprint density at radius 3 is 2.41 bits per heavy atom. The highest BCUT2D eigenvalue weighted by Gasteiger charge is 2.17. The molecular formula is C25H26N2O2. The third kappa shape index (κ3) is 4.84. The second-order valence-corrected chi connectivity index (χ2v) is 7.58. The lowest BCUT2D eigenvalue weighted by atomic mass is 9.97. The Morgan fingerprint density at radius 2 is 1.66 bits per heavy atom. The predicted octanol–water partition coefficient (Wildman–Crippen LogP) is 5.30. The van der Waals surface area contributed by atoms with Crippen LogP contribution in [0, 0.1) is 0 Å². The monoisotopic (exact) mass is 386 g/mol. The number of rotatable bonds is 5. The van der Waals surface area contributed by atoms with Crippen LogP contribution in [-0.2, 0) is 6.54 Å². The molecule has 0 atom stereocenters. The van der Waals surface area contributed by atoms with Crippen LogP contribution in [0.1, 0.15) is 35.2 Å². The lowest BCUT2D eigenvalue weighted by molar-refractivity contribution is 0.102. The molecule has 2 N–H and O–H groups in total. The number of phenolic OH excluding ortho intramolecular Hbond substituents is 1. The van der Waals surface area contributed by atoms with E-state index in [-0.39, 0.29) is 11.7 Å². The van der Waals surface area contributed by atoms with Crippen LogP contribution in [0.3, 0.4) is 0 Å². The first-order chi connectivity index (χ1) is 14.2. The van der Waals surface area contributed by atoms with Gasteiger partial charge in [-0.1, -0.05) is 48.9 Å². The molecule has 0 radical (unpaired) electrons. The number of carbonyl (C=O) groups is 1. The van der Waals surface area contributed by atoms with E-state index in [0.717, 1.165) is 36.3 Å². The Balaban J connectivity index is 1.64. The number of hydrogen-bond acceptors (Lipinski definition) is 3. The second-order valence-electron chi connectivity index (χ2n) is 7.58. The van der Waals surface area contributed by atoms with Crippen LogP contribution in [0.5, 0.6) is 5.75 Å². The number of nitrogens with zero attached hydrogens (tertiary/aromatic N) is 1. The average molecular weight is 386 g/mol. The Morgan fingerprint density at radius 1 is 0.862 bits per heavy atom. The molecule has 3 aromatic carbocycles. The third-order valence-electron chi connectivity index (χ3n) is 5.40. The van der Waals surface area contributed by atoms with Crippen molar-refractivity contribution in [2.75, 3.05) is 18.4 Å². The van der Waals surface area contributed by atoms with Gasteiger partial charge in [-0.15, -0.1) is 0 Å². The largest absolute Gasteiger partial charge is 0.508 e. The number of aromatic hydroxyl groups is 1. The first-order valence-corrected chi connectivity index (χ1v) is 10.2. The van der Waals surface area contributed by atoms with Crippen molar-refractivity contribution in [3.63, 3.8) is 0 Å². The van der Waals surface area contributed by atoms with E-state index in [2.05, 4.69) is 28.4 Å². The molecule has 0 aromatic heterocycles. The summed E-state index contributed by atoms with van der Waals surface area (Å²) >= 11 is 0. The van der Waals surface area contributed by atoms with Crippen LogP contribution >= 0.6 is 0 Å². The van der Waals surface area contributed by atoms with Gasteiger partial charge in [-0.25, -0.2) is 0 Å². The Hall–Kier alpha value is -3.11. The minimum Gasteiger partial charge on any atom is -0.508 e. The Bertz CT molecular complexity index is 979. The fraction of sp³-hybridized carbons (Fsp3) is 0.240. The summed E-state index contributed by atoms with van der Waals surface area (Å²) in [5.41, 5.74) is 4.56. The lowest BCUT2D eigenvalue weighted by Gasteiger charge is -2.27. The third-order valence-corrected chi connectivity index (χ3v) is 5.40. The van der Waals surface area contributed by atoms with Gasteiger partial charge in [0, 0.05) is 23.9 Å². The molecule has 1 amide bonds. The van der Waals surface area contributed by atoms with Crippen molar-refractivity contribution in [3.05, 3.63) is 83.9 Å². The van der Waals surface area contributed by atoms with Gasteiger partial charge < -0.3 is 10.4 Å². The summed E-state index contributed by atoms with van der Waals surface area (Å²) in [7, 11) is 0. The summed E-state index contributed by atoms with van der Waals surface area (Å²) in [6, 6.07) is 23.0. The number of piperidine rings is 1. The molecule has 4 nitrogen and oxygen atoms in total. The number of hydrogen-bond donors (Lipinski definition) is 2. The molecule has 1 heterocycles. The van der Waals surface area contributed by atoms with Crippen molar-refractivity contribution in [1.29, 1.82) is 0 Å². The zero-order valence-corrected chi connectivity index (χ0v) is 16.5. The maximum Gasteiger partial charge on any atom is 0.255 e. The molecule has 1 fully saturated rings. The van der Waals surface area contributed by atoms with E-state index in [1.165, 1.54) is 19.3 Å². The fourth-order valence-electron chi connectivity index (χ4n) is 3.90. The standard InChI is InChI=1S/C25H26N2O2/c28-23-11-7-10-22(17-23)26-25(29)24-13-12-20(19-8-3-1-4-9-19)16-21(24)18-27-14-5-2-6-15-27/h1,3-4,7-13,16-17,28H,2,5-6,14-15,18H2,(H,26,29). The highest BCUT2D eigenvalue weighted by molar-refractivity contribution is 6.05. The highest BCUT2D eigenvalue weighted by atomic mass is 16.3. The molecule has 0 saturated carbocycles. The van der Waals surface area contributed by atoms with E-state index in [1.54, 1.807) is 24.3 Å². The molecule has 0 aliphatic carbocycles. The molecule has 4 rings (SSSR count). The molecular weight excluding hydrogens is 360 g/mol. The van der Waals surface area contributed by atoms with Gasteiger partial charge in [0.2, 0.25) is 0 Å². The van der Waals surface area contributed by atoms with Crippen molar-refractivity contribution >= 4 is 11.6 Å². The van der Waals surface area contributed by atoms with Crippen LogP contribution in [0.25, 0.3) is 11.1 Å². The quantitative estimate of drug-likeness (QED) is 0.626. The van der Waals surface area contributed by atoms with E-state index < -0.39 is 0 Å². The van der Waals surface area contributed by atoms with E-state index in [1.807, 2.05) is 30.3 Å². The van der Waals surface area contributed by atoms with Crippen LogP contribution in [0.15, 0.2) is 72.8 Å². The number of nitrogens with one attached hydrogen (secondary N) is 1. The summed E-state index contributed by atoms with van der Waals surface area (Å²) in [6.07, 6.45) is 3.71. The molecule has 0 unspecified atom stereocenters. The number of phenols is 1. The summed E-state index contributed by atoms with van der Waals surface area (Å²) in [5, 5.41) is 12.6. The van der Waals surface area contributed by atoms with Gasteiger partial charge >= 0.3 is 0 Å². The van der Waals surface area contributed by atoms with Gasteiger partial charge in [0.1, 0.15) is 5.75 Å². The predicted molar refractivity (Wildman–Crippen MR) is 117 cm³/mol. The fourth-order valence-corrected chi connectivity index (χ4v) is 3.90. The maximum absolute atomic E-state index is 13.0. The SMILES string of the molecule is O=C(Nc1cccc(O)c1)c1ccc(-c2ccccc2)cc1CN1CCCCC1. The van der Waals surface area contributed by atoms with Crippen molar-refractivity contribution in [2.24, 2.45) is 0 Å². The van der Waals surface area contributed by atoms with Crippen LogP contribution < -0.4 is 5.32 Å². The summed E-state index contributed by atoms with van der Waals surface area (Å²) in [5.74, 6) is -0.0158. The maximum atomic E-state index is 13.0. The smallest absolute Gasteiger partial charge is 0.255 e. The van der Waals surface area contributed by atoms with Crippen molar-refractivity contribution in [2.45, 2.75) is 25.8 Å². The molecule has 0 spiro atoms. The number of carbonyl (C=O) groups excluding carboxylic acids is 1. The van der Waals surface area contributed by atoms with Gasteiger partial charge in [-0.3, -0.25) is 9.69 Å². The molecule has 29 heavy (non-hydrogen) atoms. The van der Waals surface area contributed by atoms with Crippen molar-refractivity contribution < 1.29 is 9.90 Å². The second kappa shape index (κ2) is 8.93. The topological polar surface area (TPSA) is 52.6 Å². The van der Waals surface area contributed by atoms with Crippen molar-refractivity contribution in [3.8, 4) is 16.9 Å². The molecule has 3 aromatic rings. The lowest BCUT2D eigenvalue weighted by Crippen LogP contribution is -2.30. The highest BCUT2D eigenvalue weighted by Crippen LogP contribution is 2.25. The van der Waals surface area contributed by atoms with Crippen LogP contribution in [0.4, 0.5) is 5.69 Å². The summed E-state index contributed by atoms with van der Waals surface area (Å²) in [4.78, 5) is 15.5.